The average molecular weight is 597 g/mol. The van der Waals surface area contributed by atoms with Crippen molar-refractivity contribution in [2.75, 3.05) is 13.2 Å². The summed E-state index contributed by atoms with van der Waals surface area (Å²) in [6, 6.07) is 5.95. The van der Waals surface area contributed by atoms with Crippen LogP contribution in [0.4, 0.5) is 0 Å². The monoisotopic (exact) mass is 596 g/mol. The van der Waals surface area contributed by atoms with Crippen molar-refractivity contribution in [3.05, 3.63) is 35.9 Å². The van der Waals surface area contributed by atoms with Gasteiger partial charge in [0.1, 0.15) is 17.6 Å². The van der Waals surface area contributed by atoms with E-state index in [2.05, 4.69) is 10.6 Å². The molecule has 2 rings (SSSR count). The van der Waals surface area contributed by atoms with Gasteiger partial charge in [0.05, 0.1) is 18.2 Å². The van der Waals surface area contributed by atoms with E-state index in [1.165, 1.54) is 4.90 Å². The Hall–Kier alpha value is -3.18. The van der Waals surface area contributed by atoms with E-state index in [0.29, 0.717) is 50.6 Å². The number of hydrogen-bond donors (Lipinski definition) is 4. The number of benzene rings is 1. The number of likely N-dealkylation sites (tertiary alicyclic amines) is 1. The number of carbonyl (C=O) groups is 5. The molecule has 1 aliphatic heterocycles. The molecule has 0 radical (unpaired) electrons. The molecule has 11 nitrogen and oxygen atoms in total. The quantitative estimate of drug-likeness (QED) is 0.177. The minimum Gasteiger partial charge on any atom is -0.480 e. The summed E-state index contributed by atoms with van der Waals surface area (Å²) >= 11 is 0. The maximum atomic E-state index is 13.4. The number of rotatable bonds is 15. The molecular weight excluding hydrogens is 552 g/mol. The van der Waals surface area contributed by atoms with Crippen LogP contribution in [0.3, 0.4) is 0 Å². The highest BCUT2D eigenvalue weighted by Gasteiger charge is 2.42. The third kappa shape index (κ3) is 10.00. The molecule has 1 saturated heterocycles. The number of aliphatic carboxylic acids is 1. The van der Waals surface area contributed by atoms with Crippen molar-refractivity contribution in [3.8, 4) is 0 Å². The first-order chi connectivity index (χ1) is 18.9. The zero-order valence-electron chi connectivity index (χ0n) is 24.4. The van der Waals surface area contributed by atoms with Crippen molar-refractivity contribution >= 4 is 42.1 Å². The lowest BCUT2D eigenvalue weighted by atomic mass is 9.92. The molecule has 1 aliphatic rings. The second-order valence-electron chi connectivity index (χ2n) is 10.6. The van der Waals surface area contributed by atoms with E-state index in [0.717, 1.165) is 0 Å². The summed E-state index contributed by atoms with van der Waals surface area (Å²) in [6.07, 6.45) is 3.18. The van der Waals surface area contributed by atoms with Gasteiger partial charge in [0.15, 0.2) is 0 Å². The minimum atomic E-state index is -1.33. The summed E-state index contributed by atoms with van der Waals surface area (Å²) in [6.45, 7) is 7.54. The molecule has 230 valence electrons. The van der Waals surface area contributed by atoms with Gasteiger partial charge in [0, 0.05) is 6.54 Å². The first kappa shape index (κ1) is 35.8. The standard InChI is InChI=1S/C29H44N4O7.ClH/c1-5-19(3)23(25(35)33-17-12-16-22(33)26(36)37)31-28(39)29(4,6-2)32-24(34)21(30)15-10-11-18-40-27(38)20-13-8-7-9-14-20;/h7-9,13-14,19,21-23H,5-6,10-12,15-18,30H2,1-4H3,(H,31,39)(H,32,34)(H,36,37);1H/t19-,21-,22+,23-,29-;/m0./s1. The number of ether oxygens (including phenoxy) is 1. The van der Waals surface area contributed by atoms with Crippen molar-refractivity contribution in [2.24, 2.45) is 11.7 Å². The third-order valence-corrected chi connectivity index (χ3v) is 7.68. The van der Waals surface area contributed by atoms with Crippen LogP contribution in [0.5, 0.6) is 0 Å². The molecule has 41 heavy (non-hydrogen) atoms. The van der Waals surface area contributed by atoms with E-state index in [1.807, 2.05) is 19.9 Å². The fourth-order valence-corrected chi connectivity index (χ4v) is 4.54. The number of carboxylic acid groups (broad SMARTS) is 1. The topological polar surface area (TPSA) is 168 Å². The van der Waals surface area contributed by atoms with Crippen molar-refractivity contribution in [2.45, 2.75) is 96.3 Å². The first-order valence-corrected chi connectivity index (χ1v) is 14.1. The van der Waals surface area contributed by atoms with Crippen LogP contribution in [0.2, 0.25) is 0 Å². The van der Waals surface area contributed by atoms with Gasteiger partial charge in [-0.15, -0.1) is 12.4 Å². The molecule has 0 unspecified atom stereocenters. The van der Waals surface area contributed by atoms with Gasteiger partial charge in [-0.25, -0.2) is 9.59 Å². The molecule has 1 fully saturated rings. The Bertz CT molecular complexity index is 1040. The normalized spacial score (nSPS) is 18.2. The van der Waals surface area contributed by atoms with Crippen LogP contribution < -0.4 is 16.4 Å². The number of esters is 1. The van der Waals surface area contributed by atoms with Crippen molar-refractivity contribution in [3.63, 3.8) is 0 Å². The van der Waals surface area contributed by atoms with E-state index in [1.54, 1.807) is 38.1 Å². The van der Waals surface area contributed by atoms with E-state index in [-0.39, 0.29) is 31.4 Å². The SMILES string of the molecule is CC[C@H](C)[C@H](NC(=O)[C@](C)(CC)NC(=O)[C@@H](N)CCCCOC(=O)c1ccccc1)C(=O)N1CCC[C@@H]1C(=O)O.Cl. The number of hydrogen-bond acceptors (Lipinski definition) is 7. The third-order valence-electron chi connectivity index (χ3n) is 7.68. The maximum absolute atomic E-state index is 13.4. The van der Waals surface area contributed by atoms with Crippen LogP contribution in [-0.4, -0.2) is 76.5 Å². The number of amides is 3. The van der Waals surface area contributed by atoms with Crippen LogP contribution in [-0.2, 0) is 23.9 Å². The van der Waals surface area contributed by atoms with Crippen LogP contribution in [0, 0.1) is 5.92 Å². The second kappa shape index (κ2) is 16.9. The van der Waals surface area contributed by atoms with Gasteiger partial charge in [0.2, 0.25) is 17.7 Å². The Labute approximate surface area is 248 Å². The number of carboxylic acids is 1. The summed E-state index contributed by atoms with van der Waals surface area (Å²) in [5.41, 5.74) is 5.23. The Kier molecular flexibility index (Phi) is 14.8. The van der Waals surface area contributed by atoms with Gasteiger partial charge < -0.3 is 31.1 Å². The molecule has 0 aromatic heterocycles. The lowest BCUT2D eigenvalue weighted by Gasteiger charge is -2.35. The van der Waals surface area contributed by atoms with Crippen LogP contribution in [0.15, 0.2) is 30.3 Å². The molecule has 5 atom stereocenters. The van der Waals surface area contributed by atoms with Crippen molar-refractivity contribution in [1.29, 1.82) is 0 Å². The molecule has 12 heteroatoms. The van der Waals surface area contributed by atoms with Crippen molar-refractivity contribution in [1.82, 2.24) is 15.5 Å². The number of nitrogens with two attached hydrogens (primary N) is 1. The Morgan fingerprint density at radius 2 is 1.80 bits per heavy atom. The molecule has 1 heterocycles. The van der Waals surface area contributed by atoms with Crippen LogP contribution in [0.25, 0.3) is 0 Å². The Morgan fingerprint density at radius 1 is 1.15 bits per heavy atom. The Balaban J connectivity index is 0.00000840. The number of halogens is 1. The number of nitrogens with zero attached hydrogens (tertiary/aromatic N) is 1. The molecule has 1 aromatic rings. The molecule has 0 aliphatic carbocycles. The van der Waals surface area contributed by atoms with Crippen LogP contribution >= 0.6 is 12.4 Å². The molecule has 5 N–H and O–H groups in total. The summed E-state index contributed by atoms with van der Waals surface area (Å²) in [7, 11) is 0. The summed E-state index contributed by atoms with van der Waals surface area (Å²) in [4.78, 5) is 64.6. The zero-order valence-corrected chi connectivity index (χ0v) is 25.2. The number of nitrogens with one attached hydrogen (secondary N) is 2. The highest BCUT2D eigenvalue weighted by atomic mass is 35.5. The van der Waals surface area contributed by atoms with Crippen molar-refractivity contribution < 1.29 is 33.8 Å². The van der Waals surface area contributed by atoms with Gasteiger partial charge in [-0.2, -0.15) is 0 Å². The number of carbonyl (C=O) groups excluding carboxylic acids is 4. The van der Waals surface area contributed by atoms with Gasteiger partial charge in [-0.05, 0) is 63.5 Å². The van der Waals surface area contributed by atoms with Gasteiger partial charge >= 0.3 is 11.9 Å². The van der Waals surface area contributed by atoms with Crippen LogP contribution in [0.1, 0.15) is 83.0 Å². The summed E-state index contributed by atoms with van der Waals surface area (Å²) in [5.74, 6) is -3.19. The molecule has 0 spiro atoms. The predicted molar refractivity (Wildman–Crippen MR) is 156 cm³/mol. The number of unbranched alkanes of at least 4 members (excludes halogenated alkanes) is 1. The van der Waals surface area contributed by atoms with E-state index in [9.17, 15) is 29.1 Å². The molecule has 0 bridgehead atoms. The van der Waals surface area contributed by atoms with E-state index in [4.69, 9.17) is 10.5 Å². The van der Waals surface area contributed by atoms with Gasteiger partial charge in [-0.1, -0.05) is 45.4 Å². The zero-order chi connectivity index (χ0) is 29.9. The van der Waals surface area contributed by atoms with Gasteiger partial charge in [0.25, 0.3) is 0 Å². The summed E-state index contributed by atoms with van der Waals surface area (Å²) in [5, 5.41) is 15.0. The smallest absolute Gasteiger partial charge is 0.338 e. The molecule has 0 saturated carbocycles. The first-order valence-electron chi connectivity index (χ1n) is 14.1. The average Bonchev–Trinajstić information content (AvgIpc) is 3.45. The predicted octanol–water partition coefficient (Wildman–Crippen LogP) is 2.65. The maximum Gasteiger partial charge on any atom is 0.338 e. The molecule has 1 aromatic carbocycles. The van der Waals surface area contributed by atoms with E-state index >= 15 is 0 Å². The molecular formula is C29H45ClN4O7. The fourth-order valence-electron chi connectivity index (χ4n) is 4.54. The second-order valence-corrected chi connectivity index (χ2v) is 10.6. The minimum absolute atomic E-state index is 0. The lowest BCUT2D eigenvalue weighted by molar-refractivity contribution is -0.150. The summed E-state index contributed by atoms with van der Waals surface area (Å²) < 4.78 is 5.24. The van der Waals surface area contributed by atoms with Gasteiger partial charge in [-0.3, -0.25) is 14.4 Å². The lowest BCUT2D eigenvalue weighted by Crippen LogP contribution is -2.63. The largest absolute Gasteiger partial charge is 0.480 e. The molecule has 3 amide bonds. The highest BCUT2D eigenvalue weighted by molar-refractivity contribution is 5.96. The highest BCUT2D eigenvalue weighted by Crippen LogP contribution is 2.22. The van der Waals surface area contributed by atoms with E-state index < -0.39 is 53.3 Å². The fraction of sp³-hybridized carbons (Fsp3) is 0.621. The Morgan fingerprint density at radius 3 is 2.39 bits per heavy atom.